The van der Waals surface area contributed by atoms with E-state index in [9.17, 15) is 26.3 Å². The SMILES string of the molecule is CC(C)c1cc(B2OC(C)(C)C(C)(C)O2)ccc1C(F)(F)F.COc1nc(Cl)nc(-c2ccc(C(F)(F)F)c(C(C)C)c2)n1.COc1nc(Cl)nc(Cl)n1. The van der Waals surface area contributed by atoms with Crippen LogP contribution in [0.15, 0.2) is 36.4 Å². The number of methoxy groups -OCH3 is 2. The molecule has 0 saturated carbocycles. The number of alkyl halides is 6. The Bertz CT molecular complexity index is 1880. The first-order valence-electron chi connectivity index (χ1n) is 16.1. The minimum Gasteiger partial charge on any atom is -0.467 e. The van der Waals surface area contributed by atoms with Crippen molar-refractivity contribution in [3.63, 3.8) is 0 Å². The zero-order chi connectivity index (χ0) is 41.0. The molecule has 0 bridgehead atoms. The predicted octanol–water partition coefficient (Wildman–Crippen LogP) is 9.66. The van der Waals surface area contributed by atoms with Crippen molar-refractivity contribution in [2.24, 2.45) is 0 Å². The Morgan fingerprint density at radius 2 is 1.02 bits per heavy atom. The Labute approximate surface area is 324 Å². The quantitative estimate of drug-likeness (QED) is 0.138. The van der Waals surface area contributed by atoms with Gasteiger partial charge in [-0.15, -0.1) is 0 Å². The van der Waals surface area contributed by atoms with Gasteiger partial charge in [0.15, 0.2) is 5.82 Å². The van der Waals surface area contributed by atoms with Crippen molar-refractivity contribution in [3.8, 4) is 23.4 Å². The number of rotatable bonds is 6. The van der Waals surface area contributed by atoms with Crippen LogP contribution in [0, 0.1) is 0 Å². The van der Waals surface area contributed by atoms with E-state index in [1.807, 2.05) is 27.7 Å². The van der Waals surface area contributed by atoms with Crippen LogP contribution in [0.3, 0.4) is 0 Å². The fraction of sp³-hybridized carbons (Fsp3) is 0.471. The third kappa shape index (κ3) is 11.5. The number of aromatic nitrogens is 6. The summed E-state index contributed by atoms with van der Waals surface area (Å²) >= 11 is 16.6. The standard InChI is InChI=1S/C16H22BF3O2.C14H13ClF3N3O.C4H3Cl2N3O/c1-10(2)12-9-11(7-8-13(12)16(18,19)20)17-21-14(3,4)15(5,6)22-17;1-7(2)9-6-8(4-5-10(9)14(16,17)18)11-19-12(15)21-13(20-11)22-3;1-10-4-8-2(5)7-3(6)9-4/h7-10H,1-6H3;4-7H,1-3H3;1H3. The van der Waals surface area contributed by atoms with Crippen LogP contribution < -0.4 is 14.9 Å². The molecule has 0 radical (unpaired) electrons. The van der Waals surface area contributed by atoms with E-state index < -0.39 is 41.8 Å². The number of benzene rings is 2. The normalized spacial score (nSPS) is 15.0. The van der Waals surface area contributed by atoms with Crippen molar-refractivity contribution in [2.75, 3.05) is 14.2 Å². The molecule has 2 aromatic heterocycles. The van der Waals surface area contributed by atoms with E-state index >= 15 is 0 Å². The second-order valence-corrected chi connectivity index (χ2v) is 14.3. The highest BCUT2D eigenvalue weighted by Crippen LogP contribution is 2.39. The van der Waals surface area contributed by atoms with Crippen LogP contribution in [-0.4, -0.2) is 62.4 Å². The van der Waals surface area contributed by atoms with Gasteiger partial charge in [0.2, 0.25) is 15.9 Å². The van der Waals surface area contributed by atoms with E-state index in [1.165, 1.54) is 32.4 Å². The fourth-order valence-corrected chi connectivity index (χ4v) is 5.33. The van der Waals surface area contributed by atoms with E-state index in [-0.39, 0.29) is 56.7 Å². The minimum absolute atomic E-state index is 0.000921. The first kappa shape index (κ1) is 44.9. The lowest BCUT2D eigenvalue weighted by molar-refractivity contribution is -0.139. The summed E-state index contributed by atoms with van der Waals surface area (Å²) in [5.74, 6) is -0.387. The van der Waals surface area contributed by atoms with Crippen molar-refractivity contribution in [2.45, 2.75) is 90.8 Å². The van der Waals surface area contributed by atoms with Crippen LogP contribution in [0.2, 0.25) is 15.9 Å². The minimum atomic E-state index is -4.41. The third-order valence-electron chi connectivity index (χ3n) is 8.28. The van der Waals surface area contributed by atoms with E-state index in [0.29, 0.717) is 11.0 Å². The second-order valence-electron chi connectivity index (χ2n) is 13.3. The molecule has 1 saturated heterocycles. The van der Waals surface area contributed by atoms with Gasteiger partial charge in [-0.2, -0.15) is 56.2 Å². The molecular formula is C34H38BCl3F6N6O4. The molecule has 0 amide bonds. The molecule has 1 fully saturated rings. The molecule has 4 aromatic rings. The molecule has 10 nitrogen and oxygen atoms in total. The Morgan fingerprint density at radius 3 is 1.44 bits per heavy atom. The number of nitrogens with zero attached hydrogens (tertiary/aromatic N) is 6. The molecule has 0 N–H and O–H groups in total. The number of halogens is 9. The largest absolute Gasteiger partial charge is 0.494 e. The zero-order valence-corrected chi connectivity index (χ0v) is 33.2. The van der Waals surface area contributed by atoms with Gasteiger partial charge in [0.25, 0.3) is 0 Å². The first-order valence-corrected chi connectivity index (χ1v) is 17.3. The van der Waals surface area contributed by atoms with Crippen molar-refractivity contribution >= 4 is 47.4 Å². The van der Waals surface area contributed by atoms with Gasteiger partial charge in [-0.1, -0.05) is 52.0 Å². The summed E-state index contributed by atoms with van der Waals surface area (Å²) in [6, 6.07) is 7.97. The molecule has 20 heteroatoms. The first-order chi connectivity index (χ1) is 24.8. The van der Waals surface area contributed by atoms with Crippen LogP contribution in [0.5, 0.6) is 12.0 Å². The van der Waals surface area contributed by atoms with Gasteiger partial charge in [0.05, 0.1) is 36.5 Å². The maximum Gasteiger partial charge on any atom is 0.494 e. The number of ether oxygens (including phenoxy) is 2. The molecular weight excluding hydrogens is 788 g/mol. The van der Waals surface area contributed by atoms with Gasteiger partial charge >= 0.3 is 31.5 Å². The molecule has 294 valence electrons. The number of hydrogen-bond acceptors (Lipinski definition) is 10. The van der Waals surface area contributed by atoms with Crippen LogP contribution >= 0.6 is 34.8 Å². The Hall–Kier alpha value is -3.51. The smallest absolute Gasteiger partial charge is 0.467 e. The van der Waals surface area contributed by atoms with E-state index in [0.717, 1.165) is 12.1 Å². The molecule has 2 aromatic carbocycles. The lowest BCUT2D eigenvalue weighted by atomic mass is 9.76. The van der Waals surface area contributed by atoms with Gasteiger partial charge in [-0.3, -0.25) is 0 Å². The molecule has 0 atom stereocenters. The molecule has 0 aliphatic carbocycles. The highest BCUT2D eigenvalue weighted by Gasteiger charge is 2.52. The van der Waals surface area contributed by atoms with Crippen molar-refractivity contribution in [1.82, 2.24) is 29.9 Å². The topological polar surface area (TPSA) is 114 Å². The lowest BCUT2D eigenvalue weighted by Gasteiger charge is -2.32. The highest BCUT2D eigenvalue weighted by molar-refractivity contribution is 6.62. The Kier molecular flexibility index (Phi) is 14.6. The Balaban J connectivity index is 0.000000233. The Morgan fingerprint density at radius 1 is 0.611 bits per heavy atom. The van der Waals surface area contributed by atoms with E-state index in [1.54, 1.807) is 33.8 Å². The lowest BCUT2D eigenvalue weighted by Crippen LogP contribution is -2.41. The van der Waals surface area contributed by atoms with Gasteiger partial charge in [0.1, 0.15) is 0 Å². The predicted molar refractivity (Wildman–Crippen MR) is 194 cm³/mol. The third-order valence-corrected chi connectivity index (χ3v) is 8.79. The van der Waals surface area contributed by atoms with Crippen LogP contribution in [0.25, 0.3) is 11.4 Å². The molecule has 1 aliphatic rings. The van der Waals surface area contributed by atoms with Crippen LogP contribution in [0.1, 0.15) is 89.5 Å². The second kappa shape index (κ2) is 17.5. The fourth-order valence-electron chi connectivity index (χ4n) is 4.83. The molecule has 5 rings (SSSR count). The van der Waals surface area contributed by atoms with Crippen molar-refractivity contribution in [1.29, 1.82) is 0 Å². The highest BCUT2D eigenvalue weighted by atomic mass is 35.5. The maximum atomic E-state index is 13.1. The zero-order valence-electron chi connectivity index (χ0n) is 30.9. The van der Waals surface area contributed by atoms with Crippen LogP contribution in [0.4, 0.5) is 26.3 Å². The summed E-state index contributed by atoms with van der Waals surface area (Å²) in [5, 5.41) is -0.0402. The van der Waals surface area contributed by atoms with Gasteiger partial charge in [-0.25, -0.2) is 0 Å². The monoisotopic (exact) mass is 824 g/mol. The summed E-state index contributed by atoms with van der Waals surface area (Å²) in [4.78, 5) is 22.4. The van der Waals surface area contributed by atoms with Gasteiger partial charge in [-0.05, 0) is 103 Å². The average Bonchev–Trinajstić information content (AvgIpc) is 3.29. The summed E-state index contributed by atoms with van der Waals surface area (Å²) in [6.07, 6.45) is -8.76. The van der Waals surface area contributed by atoms with Crippen molar-refractivity contribution < 1.29 is 45.1 Å². The van der Waals surface area contributed by atoms with Crippen molar-refractivity contribution in [3.05, 3.63) is 74.5 Å². The summed E-state index contributed by atoms with van der Waals surface area (Å²) < 4.78 is 99.8. The molecule has 0 unspecified atom stereocenters. The molecule has 54 heavy (non-hydrogen) atoms. The molecule has 3 heterocycles. The van der Waals surface area contributed by atoms with Crippen LogP contribution in [-0.2, 0) is 21.7 Å². The van der Waals surface area contributed by atoms with E-state index in [4.69, 9.17) is 48.8 Å². The molecule has 0 spiro atoms. The van der Waals surface area contributed by atoms with Gasteiger partial charge in [0, 0.05) is 5.56 Å². The molecule has 1 aliphatic heterocycles. The number of hydrogen-bond donors (Lipinski definition) is 0. The summed E-state index contributed by atoms with van der Waals surface area (Å²) in [5.41, 5.74) is -0.826. The average molecular weight is 826 g/mol. The summed E-state index contributed by atoms with van der Waals surface area (Å²) in [6.45, 7) is 14.5. The summed E-state index contributed by atoms with van der Waals surface area (Å²) in [7, 11) is 2.13. The maximum absolute atomic E-state index is 13.1. The van der Waals surface area contributed by atoms with E-state index in [2.05, 4.69) is 34.6 Å². The van der Waals surface area contributed by atoms with Gasteiger partial charge < -0.3 is 18.8 Å².